The quantitative estimate of drug-likeness (QED) is 0.226. The highest BCUT2D eigenvalue weighted by molar-refractivity contribution is 5.98. The van der Waals surface area contributed by atoms with E-state index in [9.17, 15) is 18.4 Å². The molecule has 0 saturated heterocycles. The Labute approximate surface area is 239 Å². The van der Waals surface area contributed by atoms with Gasteiger partial charge in [0.1, 0.15) is 11.6 Å². The topological polar surface area (TPSA) is 116 Å². The first-order chi connectivity index (χ1) is 20.3. The summed E-state index contributed by atoms with van der Waals surface area (Å²) in [4.78, 5) is 34.6. The second-order valence-corrected chi connectivity index (χ2v) is 9.17. The molecule has 42 heavy (non-hydrogen) atoms. The van der Waals surface area contributed by atoms with Crippen LogP contribution in [0.5, 0.6) is 11.5 Å². The number of rotatable bonds is 9. The smallest absolute Gasteiger partial charge is 0.343 e. The minimum atomic E-state index is -0.775. The van der Waals surface area contributed by atoms with Crippen molar-refractivity contribution in [2.24, 2.45) is 0 Å². The summed E-state index contributed by atoms with van der Waals surface area (Å²) in [6.45, 7) is 1.63. The van der Waals surface area contributed by atoms with Crippen LogP contribution >= 0.6 is 0 Å². The molecule has 0 spiro atoms. The number of nitrogens with zero attached hydrogens (tertiary/aromatic N) is 3. The molecule has 9 nitrogen and oxygen atoms in total. The van der Waals surface area contributed by atoms with E-state index in [-0.39, 0.29) is 34.5 Å². The lowest BCUT2D eigenvalue weighted by atomic mass is 9.91. The maximum atomic E-state index is 13.6. The number of methoxy groups -OCH3 is 1. The number of carbonyl (C=O) groups is 2. The summed E-state index contributed by atoms with van der Waals surface area (Å²) in [5, 5.41) is 6.77. The van der Waals surface area contributed by atoms with Crippen LogP contribution in [0.1, 0.15) is 62.6 Å². The Morgan fingerprint density at radius 1 is 0.881 bits per heavy atom. The molecule has 2 heterocycles. The second-order valence-electron chi connectivity index (χ2n) is 9.17. The minimum Gasteiger partial charge on any atom is -0.493 e. The van der Waals surface area contributed by atoms with E-state index < -0.39 is 35.5 Å². The van der Waals surface area contributed by atoms with Gasteiger partial charge in [0.15, 0.2) is 17.3 Å². The Bertz CT molecular complexity index is 1650. The maximum absolute atomic E-state index is 13.6. The van der Waals surface area contributed by atoms with E-state index in [0.29, 0.717) is 11.1 Å². The molecule has 0 saturated carbocycles. The lowest BCUT2D eigenvalue weighted by Crippen LogP contribution is -2.29. The number of esters is 1. The van der Waals surface area contributed by atoms with Gasteiger partial charge in [-0.2, -0.15) is 4.98 Å². The van der Waals surface area contributed by atoms with Crippen molar-refractivity contribution >= 4 is 11.9 Å². The molecular weight excluding hydrogens is 546 g/mol. The van der Waals surface area contributed by atoms with Crippen LogP contribution in [0.15, 0.2) is 95.6 Å². The summed E-state index contributed by atoms with van der Waals surface area (Å²) in [6, 6.07) is 20.5. The van der Waals surface area contributed by atoms with E-state index in [2.05, 4.69) is 20.4 Å². The number of benzene rings is 3. The number of aromatic nitrogens is 3. The third-order valence-electron chi connectivity index (χ3n) is 6.35. The zero-order valence-corrected chi connectivity index (χ0v) is 22.5. The number of halogens is 2. The van der Waals surface area contributed by atoms with Crippen molar-refractivity contribution in [3.8, 4) is 11.5 Å². The van der Waals surface area contributed by atoms with Crippen LogP contribution in [0.25, 0.3) is 0 Å². The molecule has 3 aromatic carbocycles. The molecule has 1 amide bonds. The molecule has 1 atom stereocenters. The van der Waals surface area contributed by atoms with Gasteiger partial charge in [-0.15, -0.1) is 0 Å². The summed E-state index contributed by atoms with van der Waals surface area (Å²) in [5.74, 6) is -2.57. The Hall–Kier alpha value is -5.45. The molecule has 1 N–H and O–H groups in total. The molecule has 5 aromatic rings. The monoisotopic (exact) mass is 570 g/mol. The maximum Gasteiger partial charge on any atom is 0.343 e. The van der Waals surface area contributed by atoms with E-state index >= 15 is 0 Å². The Morgan fingerprint density at radius 3 is 2.10 bits per heavy atom. The molecular formula is C31H24F2N4O5. The lowest BCUT2D eigenvalue weighted by Gasteiger charge is -2.15. The summed E-state index contributed by atoms with van der Waals surface area (Å²) < 4.78 is 43.7. The van der Waals surface area contributed by atoms with Crippen molar-refractivity contribution in [2.75, 3.05) is 7.11 Å². The molecule has 5 rings (SSSR count). The van der Waals surface area contributed by atoms with Crippen LogP contribution < -0.4 is 14.8 Å². The van der Waals surface area contributed by atoms with E-state index in [1.165, 1.54) is 43.6 Å². The fourth-order valence-corrected chi connectivity index (χ4v) is 4.24. The average Bonchev–Trinajstić information content (AvgIpc) is 3.49. The highest BCUT2D eigenvalue weighted by Gasteiger charge is 2.28. The van der Waals surface area contributed by atoms with Gasteiger partial charge in [0.25, 0.3) is 5.91 Å². The van der Waals surface area contributed by atoms with Gasteiger partial charge in [0, 0.05) is 12.3 Å². The first-order valence-corrected chi connectivity index (χ1v) is 12.8. The number of nitrogens with one attached hydrogen (secondary N) is 1. The van der Waals surface area contributed by atoms with Crippen LogP contribution in [0.2, 0.25) is 0 Å². The fourth-order valence-electron chi connectivity index (χ4n) is 4.24. The molecule has 0 aliphatic rings. The Morgan fingerprint density at radius 2 is 1.50 bits per heavy atom. The van der Waals surface area contributed by atoms with E-state index in [4.69, 9.17) is 14.0 Å². The normalized spacial score (nSPS) is 11.6. The molecule has 2 aromatic heterocycles. The molecule has 0 aliphatic carbocycles. The van der Waals surface area contributed by atoms with E-state index in [1.807, 2.05) is 0 Å². The first kappa shape index (κ1) is 28.1. The van der Waals surface area contributed by atoms with Crippen LogP contribution in [0, 0.1) is 11.6 Å². The number of amides is 1. The fraction of sp³-hybridized carbons (Fsp3) is 0.129. The molecule has 0 fully saturated rings. The van der Waals surface area contributed by atoms with Gasteiger partial charge in [-0.3, -0.25) is 4.79 Å². The molecule has 0 unspecified atom stereocenters. The Balaban J connectivity index is 1.39. The SMILES string of the molecule is COc1ccnc(C(=O)N[C@@H](C)c2noc(C(c3ccc(F)cc3)c3ccc(F)cc3)n2)c1OC(=O)c1ccccc1. The van der Waals surface area contributed by atoms with Crippen molar-refractivity contribution in [3.63, 3.8) is 0 Å². The van der Waals surface area contributed by atoms with Gasteiger partial charge in [-0.25, -0.2) is 18.6 Å². The number of carbonyl (C=O) groups excluding carboxylic acids is 2. The predicted molar refractivity (Wildman–Crippen MR) is 146 cm³/mol. The van der Waals surface area contributed by atoms with Gasteiger partial charge in [-0.1, -0.05) is 47.6 Å². The van der Waals surface area contributed by atoms with Crippen molar-refractivity contribution in [1.82, 2.24) is 20.4 Å². The standard InChI is InChI=1S/C31H24F2N4O5/c1-18(35-29(38)26-27(24(40-2)16-17-34-26)41-31(39)21-6-4-3-5-7-21)28-36-30(42-37-28)25(19-8-12-22(32)13-9-19)20-10-14-23(33)15-11-20/h3-18,25H,1-2H3,(H,35,38)/t18-/m0/s1. The second kappa shape index (κ2) is 12.4. The largest absolute Gasteiger partial charge is 0.493 e. The molecule has 11 heteroatoms. The predicted octanol–water partition coefficient (Wildman–Crippen LogP) is 5.64. The highest BCUT2D eigenvalue weighted by atomic mass is 19.1. The molecule has 212 valence electrons. The summed E-state index contributed by atoms with van der Waals surface area (Å²) in [6.07, 6.45) is 1.35. The van der Waals surface area contributed by atoms with E-state index in [0.717, 1.165) is 0 Å². The molecule has 0 radical (unpaired) electrons. The number of pyridine rings is 1. The summed E-state index contributed by atoms with van der Waals surface area (Å²) in [5.41, 5.74) is 1.37. The van der Waals surface area contributed by atoms with Crippen LogP contribution in [0.4, 0.5) is 8.78 Å². The number of hydrogen-bond donors (Lipinski definition) is 1. The van der Waals surface area contributed by atoms with Crippen LogP contribution in [-0.4, -0.2) is 34.1 Å². The highest BCUT2D eigenvalue weighted by Crippen LogP contribution is 2.33. The molecule has 0 aliphatic heterocycles. The third-order valence-corrected chi connectivity index (χ3v) is 6.35. The van der Waals surface area contributed by atoms with Gasteiger partial charge in [0.2, 0.25) is 11.6 Å². The average molecular weight is 571 g/mol. The number of ether oxygens (including phenoxy) is 2. The van der Waals surface area contributed by atoms with Crippen molar-refractivity contribution in [3.05, 3.63) is 137 Å². The minimum absolute atomic E-state index is 0.135. The van der Waals surface area contributed by atoms with Crippen molar-refractivity contribution in [1.29, 1.82) is 0 Å². The van der Waals surface area contributed by atoms with Crippen LogP contribution in [-0.2, 0) is 0 Å². The van der Waals surface area contributed by atoms with Gasteiger partial charge < -0.3 is 19.3 Å². The van der Waals surface area contributed by atoms with Gasteiger partial charge in [-0.05, 0) is 54.4 Å². The third kappa shape index (κ3) is 6.15. The van der Waals surface area contributed by atoms with Crippen molar-refractivity contribution in [2.45, 2.75) is 18.9 Å². The van der Waals surface area contributed by atoms with Crippen molar-refractivity contribution < 1.29 is 32.4 Å². The zero-order chi connectivity index (χ0) is 29.6. The van der Waals surface area contributed by atoms with Crippen LogP contribution in [0.3, 0.4) is 0 Å². The van der Waals surface area contributed by atoms with E-state index in [1.54, 1.807) is 61.5 Å². The first-order valence-electron chi connectivity index (χ1n) is 12.8. The number of hydrogen-bond acceptors (Lipinski definition) is 8. The lowest BCUT2D eigenvalue weighted by molar-refractivity contribution is 0.0725. The zero-order valence-electron chi connectivity index (χ0n) is 22.5. The summed E-state index contributed by atoms with van der Waals surface area (Å²) >= 11 is 0. The van der Waals surface area contributed by atoms with Gasteiger partial charge >= 0.3 is 5.97 Å². The van der Waals surface area contributed by atoms with Gasteiger partial charge in [0.05, 0.1) is 24.6 Å². The molecule has 0 bridgehead atoms. The summed E-state index contributed by atoms with van der Waals surface area (Å²) in [7, 11) is 1.37. The Kier molecular flexibility index (Phi) is 8.28.